The highest BCUT2D eigenvalue weighted by Gasteiger charge is 2.54. The monoisotopic (exact) mass is 416 g/mol. The lowest BCUT2D eigenvalue weighted by molar-refractivity contribution is -0.125. The third-order valence-corrected chi connectivity index (χ3v) is 5.47. The van der Waals surface area contributed by atoms with E-state index < -0.39 is 17.4 Å². The number of rotatable bonds is 2. The van der Waals surface area contributed by atoms with Crippen molar-refractivity contribution in [2.75, 3.05) is 5.32 Å². The number of amides is 1. The van der Waals surface area contributed by atoms with Gasteiger partial charge in [0.25, 0.3) is 11.6 Å². The van der Waals surface area contributed by atoms with Gasteiger partial charge in [-0.25, -0.2) is 4.39 Å². The van der Waals surface area contributed by atoms with Crippen molar-refractivity contribution < 1.29 is 14.0 Å². The molecule has 0 aliphatic carbocycles. The molecule has 0 spiro atoms. The minimum atomic E-state index is -2.83. The molecule has 4 rings (SSSR count). The van der Waals surface area contributed by atoms with Crippen molar-refractivity contribution in [3.8, 4) is 11.1 Å². The van der Waals surface area contributed by atoms with Crippen molar-refractivity contribution in [2.24, 2.45) is 0 Å². The van der Waals surface area contributed by atoms with Crippen LogP contribution in [0.15, 0.2) is 58.5 Å². The molecule has 2 aromatic heterocycles. The highest BCUT2D eigenvalue weighted by atomic mass is 79.9. The first-order valence-corrected chi connectivity index (χ1v) is 9.03. The Morgan fingerprint density at radius 1 is 1.12 bits per heavy atom. The lowest BCUT2D eigenvalue weighted by Crippen LogP contribution is -2.47. The number of aromatic nitrogens is 1. The fourth-order valence-electron chi connectivity index (χ4n) is 2.78. The van der Waals surface area contributed by atoms with Gasteiger partial charge in [-0.05, 0) is 29.8 Å². The van der Waals surface area contributed by atoms with Crippen LogP contribution in [-0.2, 0) is 10.5 Å². The Bertz CT molecular complexity index is 988. The van der Waals surface area contributed by atoms with Gasteiger partial charge in [0.1, 0.15) is 5.00 Å². The van der Waals surface area contributed by atoms with Crippen molar-refractivity contribution >= 4 is 44.0 Å². The molecule has 1 aromatic carbocycles. The molecule has 1 amide bonds. The number of hydrogen-bond donors (Lipinski definition) is 1. The third kappa shape index (κ3) is 2.42. The van der Waals surface area contributed by atoms with E-state index in [1.807, 2.05) is 24.3 Å². The molecule has 1 unspecified atom stereocenters. The van der Waals surface area contributed by atoms with Crippen LogP contribution in [0.2, 0.25) is 0 Å². The lowest BCUT2D eigenvalue weighted by Gasteiger charge is -2.27. The molecule has 4 nitrogen and oxygen atoms in total. The third-order valence-electron chi connectivity index (χ3n) is 4.04. The number of carbonyl (C=O) groups excluding carboxylic acids is 2. The van der Waals surface area contributed by atoms with Crippen LogP contribution in [0, 0.1) is 0 Å². The number of pyridine rings is 1. The van der Waals surface area contributed by atoms with Crippen molar-refractivity contribution in [1.29, 1.82) is 0 Å². The van der Waals surface area contributed by atoms with Gasteiger partial charge in [-0.2, -0.15) is 0 Å². The van der Waals surface area contributed by atoms with E-state index in [1.165, 1.54) is 23.6 Å². The van der Waals surface area contributed by atoms with Gasteiger partial charge in [0.05, 0.1) is 11.3 Å². The van der Waals surface area contributed by atoms with E-state index in [0.717, 1.165) is 10.0 Å². The standard InChI is InChI=1S/C18H10BrFN2O2S/c19-11-6-4-10(5-7-11)12-9-25-16-14(12)15(23)18(20,17(24)22-16)13-3-1-2-8-21-13/h1-9H,(H,22,24). The molecular formula is C18H10BrFN2O2S. The molecule has 0 saturated heterocycles. The first-order chi connectivity index (χ1) is 12.0. The van der Waals surface area contributed by atoms with Gasteiger partial charge in [-0.15, -0.1) is 11.3 Å². The van der Waals surface area contributed by atoms with Crippen LogP contribution in [0.25, 0.3) is 11.1 Å². The van der Waals surface area contributed by atoms with Crippen LogP contribution in [-0.4, -0.2) is 16.7 Å². The molecule has 0 fully saturated rings. The van der Waals surface area contributed by atoms with Crippen LogP contribution in [0.4, 0.5) is 9.39 Å². The Morgan fingerprint density at radius 3 is 2.56 bits per heavy atom. The first-order valence-electron chi connectivity index (χ1n) is 7.36. The second kappa shape index (κ2) is 5.86. The molecule has 0 bridgehead atoms. The molecule has 0 radical (unpaired) electrons. The molecule has 7 heteroatoms. The van der Waals surface area contributed by atoms with Crippen molar-refractivity contribution in [3.63, 3.8) is 0 Å². The predicted octanol–water partition coefficient (Wildman–Crippen LogP) is 4.57. The molecular weight excluding hydrogens is 407 g/mol. The van der Waals surface area contributed by atoms with E-state index in [-0.39, 0.29) is 11.3 Å². The summed E-state index contributed by atoms with van der Waals surface area (Å²) in [6.07, 6.45) is 1.36. The van der Waals surface area contributed by atoms with Crippen molar-refractivity contribution in [3.05, 3.63) is 69.8 Å². The minimum absolute atomic E-state index is 0.181. The van der Waals surface area contributed by atoms with Crippen molar-refractivity contribution in [1.82, 2.24) is 4.98 Å². The number of halogens is 2. The van der Waals surface area contributed by atoms with Gasteiger partial charge in [-0.1, -0.05) is 34.1 Å². The summed E-state index contributed by atoms with van der Waals surface area (Å²) >= 11 is 4.57. The number of benzene rings is 1. The first kappa shape index (κ1) is 16.1. The summed E-state index contributed by atoms with van der Waals surface area (Å²) in [5.74, 6) is -1.89. The Morgan fingerprint density at radius 2 is 1.88 bits per heavy atom. The lowest BCUT2D eigenvalue weighted by atomic mass is 9.85. The second-order valence-electron chi connectivity index (χ2n) is 5.52. The highest BCUT2D eigenvalue weighted by molar-refractivity contribution is 9.10. The number of ketones is 1. The number of fused-ring (bicyclic) bond motifs is 1. The average molecular weight is 417 g/mol. The topological polar surface area (TPSA) is 59.1 Å². The Hall–Kier alpha value is -2.38. The maximum atomic E-state index is 15.6. The number of hydrogen-bond acceptors (Lipinski definition) is 4. The van der Waals surface area contributed by atoms with Gasteiger partial charge in [0.2, 0.25) is 5.78 Å². The van der Waals surface area contributed by atoms with E-state index in [2.05, 4.69) is 26.2 Å². The zero-order valence-electron chi connectivity index (χ0n) is 12.6. The quantitative estimate of drug-likeness (QED) is 0.622. The van der Waals surface area contributed by atoms with E-state index in [1.54, 1.807) is 17.5 Å². The smallest absolute Gasteiger partial charge is 0.292 e. The highest BCUT2D eigenvalue weighted by Crippen LogP contribution is 2.45. The normalized spacial score (nSPS) is 19.4. The predicted molar refractivity (Wildman–Crippen MR) is 97.4 cm³/mol. The maximum Gasteiger partial charge on any atom is 0.292 e. The van der Waals surface area contributed by atoms with Crippen LogP contribution < -0.4 is 5.32 Å². The molecule has 25 heavy (non-hydrogen) atoms. The van der Waals surface area contributed by atoms with Crippen LogP contribution in [0.5, 0.6) is 0 Å². The molecule has 124 valence electrons. The van der Waals surface area contributed by atoms with Gasteiger partial charge in [0, 0.05) is 21.6 Å². The summed E-state index contributed by atoms with van der Waals surface area (Å²) in [5, 5.41) is 4.62. The van der Waals surface area contributed by atoms with Crippen LogP contribution in [0.1, 0.15) is 16.1 Å². The summed E-state index contributed by atoms with van der Waals surface area (Å²) in [6, 6.07) is 11.8. The van der Waals surface area contributed by atoms with Gasteiger partial charge >= 0.3 is 0 Å². The van der Waals surface area contributed by atoms with Gasteiger partial charge < -0.3 is 5.32 Å². The molecule has 1 aliphatic rings. The Balaban J connectivity index is 1.88. The summed E-state index contributed by atoms with van der Waals surface area (Å²) in [7, 11) is 0. The summed E-state index contributed by atoms with van der Waals surface area (Å²) < 4.78 is 16.5. The Labute approximate surface area is 154 Å². The molecule has 1 N–H and O–H groups in total. The largest absolute Gasteiger partial charge is 0.313 e. The number of thiophene rings is 1. The number of nitrogens with zero attached hydrogens (tertiary/aromatic N) is 1. The number of nitrogens with one attached hydrogen (secondary N) is 1. The van der Waals surface area contributed by atoms with E-state index >= 15 is 4.39 Å². The van der Waals surface area contributed by atoms with Crippen molar-refractivity contribution in [2.45, 2.75) is 5.67 Å². The number of alkyl halides is 1. The fraction of sp³-hybridized carbons (Fsp3) is 0.0556. The van der Waals surface area contributed by atoms with Gasteiger partial charge in [-0.3, -0.25) is 14.6 Å². The van der Waals surface area contributed by atoms with E-state index in [4.69, 9.17) is 0 Å². The fourth-order valence-corrected chi connectivity index (χ4v) is 4.01. The van der Waals surface area contributed by atoms with E-state index in [0.29, 0.717) is 10.6 Å². The SMILES string of the molecule is O=C1Nc2scc(-c3ccc(Br)cc3)c2C(=O)C1(F)c1ccccn1. The summed E-state index contributed by atoms with van der Waals surface area (Å²) in [6.45, 7) is 0. The van der Waals surface area contributed by atoms with Crippen LogP contribution in [0.3, 0.4) is 0 Å². The second-order valence-corrected chi connectivity index (χ2v) is 7.31. The molecule has 1 aliphatic heterocycles. The minimum Gasteiger partial charge on any atom is -0.313 e. The number of Topliss-reactive ketones (excluding diaryl/α,β-unsaturated/α-hetero) is 1. The number of anilines is 1. The molecule has 1 atom stereocenters. The Kier molecular flexibility index (Phi) is 3.77. The van der Waals surface area contributed by atoms with Gasteiger partial charge in [0.15, 0.2) is 0 Å². The maximum absolute atomic E-state index is 15.6. The average Bonchev–Trinajstić information content (AvgIpc) is 3.05. The molecule has 3 heterocycles. The summed E-state index contributed by atoms with van der Waals surface area (Å²) in [5.41, 5.74) is -1.50. The van der Waals surface area contributed by atoms with E-state index in [9.17, 15) is 9.59 Å². The molecule has 0 saturated carbocycles. The zero-order valence-corrected chi connectivity index (χ0v) is 15.0. The zero-order chi connectivity index (χ0) is 17.6. The summed E-state index contributed by atoms with van der Waals surface area (Å²) in [4.78, 5) is 29.2. The molecule has 3 aromatic rings. The van der Waals surface area contributed by atoms with Crippen LogP contribution >= 0.6 is 27.3 Å². The number of carbonyl (C=O) groups is 2.